The van der Waals surface area contributed by atoms with Crippen LogP contribution in [0, 0.1) is 19.7 Å². The van der Waals surface area contributed by atoms with Crippen LogP contribution < -0.4 is 10.6 Å². The highest BCUT2D eigenvalue weighted by molar-refractivity contribution is 7.80. The van der Waals surface area contributed by atoms with Gasteiger partial charge in [0.2, 0.25) is 0 Å². The molecule has 2 aromatic carbocycles. The largest absolute Gasteiger partial charge is 0.332 e. The normalized spacial score (nSPS) is 10.8. The summed E-state index contributed by atoms with van der Waals surface area (Å²) in [4.78, 5) is 0. The summed E-state index contributed by atoms with van der Waals surface area (Å²) in [5.41, 5.74) is 3.30. The summed E-state index contributed by atoms with van der Waals surface area (Å²) in [6, 6.07) is 9.66. The maximum atomic E-state index is 14.1. The molecule has 0 aliphatic carbocycles. The minimum absolute atomic E-state index is 0.212. The Morgan fingerprint density at radius 3 is 2.43 bits per heavy atom. The van der Waals surface area contributed by atoms with Crippen LogP contribution in [0.2, 0.25) is 15.1 Å². The van der Waals surface area contributed by atoms with Gasteiger partial charge in [0.05, 0.1) is 23.6 Å². The second kappa shape index (κ2) is 8.66. The van der Waals surface area contributed by atoms with Gasteiger partial charge >= 0.3 is 0 Å². The van der Waals surface area contributed by atoms with Gasteiger partial charge in [-0.15, -0.1) is 0 Å². The zero-order valence-corrected chi connectivity index (χ0v) is 18.1. The second-order valence-electron chi connectivity index (χ2n) is 6.14. The molecule has 1 heterocycles. The molecule has 0 saturated heterocycles. The molecule has 1 aromatic heterocycles. The van der Waals surface area contributed by atoms with E-state index in [9.17, 15) is 4.39 Å². The number of aromatic nitrogens is 2. The van der Waals surface area contributed by atoms with Gasteiger partial charge in [-0.3, -0.25) is 4.68 Å². The fourth-order valence-corrected chi connectivity index (χ4v) is 3.74. The monoisotopic (exact) mass is 456 g/mol. The number of benzene rings is 2. The van der Waals surface area contributed by atoms with Gasteiger partial charge in [-0.1, -0.05) is 40.9 Å². The predicted molar refractivity (Wildman–Crippen MR) is 119 cm³/mol. The molecule has 3 rings (SSSR count). The minimum atomic E-state index is -0.371. The third kappa shape index (κ3) is 4.75. The van der Waals surface area contributed by atoms with Crippen LogP contribution in [0.1, 0.15) is 17.0 Å². The Kier molecular flexibility index (Phi) is 6.45. The Balaban J connectivity index is 1.79. The number of hydrogen-bond acceptors (Lipinski definition) is 2. The van der Waals surface area contributed by atoms with E-state index < -0.39 is 0 Å². The van der Waals surface area contributed by atoms with E-state index in [4.69, 9.17) is 47.0 Å². The zero-order valence-electron chi connectivity index (χ0n) is 15.0. The number of aryl methyl sites for hydroxylation is 1. The molecule has 9 heteroatoms. The zero-order chi connectivity index (χ0) is 20.4. The molecule has 0 spiro atoms. The predicted octanol–water partition coefficient (Wildman–Crippen LogP) is 6.46. The number of rotatable bonds is 4. The number of thiocarbonyl (C=S) groups is 1. The molecule has 146 valence electrons. The SMILES string of the molecule is Cc1nn(Cc2c(F)cccc2Cl)c(C)c1NC(=S)Nc1cc(Cl)cc(Cl)c1. The number of nitrogens with zero attached hydrogens (tertiary/aromatic N) is 2. The van der Waals surface area contributed by atoms with Crippen LogP contribution in [0.4, 0.5) is 15.8 Å². The van der Waals surface area contributed by atoms with Crippen molar-refractivity contribution in [3.63, 3.8) is 0 Å². The molecule has 0 atom stereocenters. The molecule has 0 saturated carbocycles. The topological polar surface area (TPSA) is 41.9 Å². The fourth-order valence-electron chi connectivity index (χ4n) is 2.77. The second-order valence-corrected chi connectivity index (χ2v) is 7.83. The standard InChI is InChI=1S/C19H16Cl3FN4S/c1-10-18(25-19(28)24-14-7-12(20)6-13(21)8-14)11(2)27(26-10)9-15-16(22)4-3-5-17(15)23/h3-8H,9H2,1-2H3,(H2,24,25,28). The lowest BCUT2D eigenvalue weighted by Gasteiger charge is -2.12. The third-order valence-corrected chi connectivity index (χ3v) is 5.10. The Bertz CT molecular complexity index is 1010. The third-order valence-electron chi connectivity index (χ3n) is 4.11. The molecule has 4 nitrogen and oxygen atoms in total. The molecular formula is C19H16Cl3FN4S. The summed E-state index contributed by atoms with van der Waals surface area (Å²) in [7, 11) is 0. The van der Waals surface area contributed by atoms with Crippen LogP contribution in [-0.4, -0.2) is 14.9 Å². The lowest BCUT2D eigenvalue weighted by atomic mass is 10.2. The van der Waals surface area contributed by atoms with Gasteiger partial charge in [-0.25, -0.2) is 4.39 Å². The van der Waals surface area contributed by atoms with Crippen molar-refractivity contribution in [2.45, 2.75) is 20.4 Å². The van der Waals surface area contributed by atoms with Crippen molar-refractivity contribution in [3.8, 4) is 0 Å². The van der Waals surface area contributed by atoms with E-state index in [1.807, 2.05) is 13.8 Å². The first-order valence-corrected chi connectivity index (χ1v) is 9.80. The van der Waals surface area contributed by atoms with Crippen molar-refractivity contribution in [3.05, 3.63) is 74.2 Å². The molecule has 0 amide bonds. The summed E-state index contributed by atoms with van der Waals surface area (Å²) in [6.45, 7) is 3.92. The van der Waals surface area contributed by atoms with E-state index in [0.717, 1.165) is 17.1 Å². The summed E-state index contributed by atoms with van der Waals surface area (Å²) in [6.07, 6.45) is 0. The molecule has 28 heavy (non-hydrogen) atoms. The molecule has 0 bridgehead atoms. The van der Waals surface area contributed by atoms with E-state index in [0.29, 0.717) is 31.4 Å². The maximum Gasteiger partial charge on any atom is 0.175 e. The van der Waals surface area contributed by atoms with Crippen LogP contribution in [0.5, 0.6) is 0 Å². The fraction of sp³-hybridized carbons (Fsp3) is 0.158. The first-order valence-electron chi connectivity index (χ1n) is 8.25. The quantitative estimate of drug-likeness (QED) is 0.441. The van der Waals surface area contributed by atoms with Crippen LogP contribution in [0.3, 0.4) is 0 Å². The molecular weight excluding hydrogens is 442 g/mol. The van der Waals surface area contributed by atoms with Gasteiger partial charge in [0.15, 0.2) is 5.11 Å². The van der Waals surface area contributed by atoms with E-state index in [-0.39, 0.29) is 12.4 Å². The van der Waals surface area contributed by atoms with E-state index in [2.05, 4.69) is 15.7 Å². The maximum absolute atomic E-state index is 14.1. The van der Waals surface area contributed by atoms with Crippen molar-refractivity contribution < 1.29 is 4.39 Å². The first-order chi connectivity index (χ1) is 13.2. The van der Waals surface area contributed by atoms with Crippen LogP contribution in [-0.2, 0) is 6.54 Å². The molecule has 0 aliphatic heterocycles. The number of hydrogen-bond donors (Lipinski definition) is 2. The van der Waals surface area contributed by atoms with Crippen LogP contribution in [0.25, 0.3) is 0 Å². The molecule has 2 N–H and O–H groups in total. The summed E-state index contributed by atoms with van der Waals surface area (Å²) in [5.74, 6) is -0.371. The Morgan fingerprint density at radius 1 is 1.11 bits per heavy atom. The van der Waals surface area contributed by atoms with Gasteiger partial charge in [0.25, 0.3) is 0 Å². The van der Waals surface area contributed by atoms with E-state index >= 15 is 0 Å². The van der Waals surface area contributed by atoms with Crippen LogP contribution >= 0.6 is 47.0 Å². The Hall–Kier alpha value is -1.86. The van der Waals surface area contributed by atoms with Gasteiger partial charge in [0.1, 0.15) is 5.82 Å². The average molecular weight is 458 g/mol. The highest BCUT2D eigenvalue weighted by atomic mass is 35.5. The van der Waals surface area contributed by atoms with Gasteiger partial charge in [0, 0.05) is 26.3 Å². The first kappa shape index (κ1) is 20.9. The highest BCUT2D eigenvalue weighted by Crippen LogP contribution is 2.26. The summed E-state index contributed by atoms with van der Waals surface area (Å²) in [5, 5.41) is 12.4. The van der Waals surface area contributed by atoms with Crippen molar-refractivity contribution in [2.24, 2.45) is 0 Å². The smallest absolute Gasteiger partial charge is 0.175 e. The van der Waals surface area contributed by atoms with E-state index in [1.165, 1.54) is 6.07 Å². The molecule has 0 unspecified atom stereocenters. The number of halogens is 4. The van der Waals surface area contributed by atoms with Crippen molar-refractivity contribution in [1.29, 1.82) is 0 Å². The average Bonchev–Trinajstić information content (AvgIpc) is 2.85. The van der Waals surface area contributed by atoms with Crippen molar-refractivity contribution >= 4 is 63.5 Å². The van der Waals surface area contributed by atoms with Crippen LogP contribution in [0.15, 0.2) is 36.4 Å². The minimum Gasteiger partial charge on any atom is -0.332 e. The molecule has 0 aliphatic rings. The van der Waals surface area contributed by atoms with Gasteiger partial charge < -0.3 is 10.6 Å². The van der Waals surface area contributed by atoms with E-state index in [1.54, 1.807) is 35.0 Å². The Labute approximate surface area is 182 Å². The molecule has 0 fully saturated rings. The molecule has 3 aromatic rings. The summed E-state index contributed by atoms with van der Waals surface area (Å²) >= 11 is 23.5. The Morgan fingerprint density at radius 2 is 1.79 bits per heavy atom. The summed E-state index contributed by atoms with van der Waals surface area (Å²) < 4.78 is 15.8. The lowest BCUT2D eigenvalue weighted by molar-refractivity contribution is 0.579. The number of nitrogens with one attached hydrogen (secondary N) is 2. The number of anilines is 2. The van der Waals surface area contributed by atoms with Crippen molar-refractivity contribution in [2.75, 3.05) is 10.6 Å². The van der Waals surface area contributed by atoms with Crippen molar-refractivity contribution in [1.82, 2.24) is 9.78 Å². The molecule has 0 radical (unpaired) electrons. The highest BCUT2D eigenvalue weighted by Gasteiger charge is 2.16. The van der Waals surface area contributed by atoms with Gasteiger partial charge in [-0.05, 0) is 56.4 Å². The van der Waals surface area contributed by atoms with Gasteiger partial charge in [-0.2, -0.15) is 5.10 Å². The lowest BCUT2D eigenvalue weighted by Crippen LogP contribution is -2.20.